The number of benzene rings is 1. The number of aromatic nitrogens is 2. The number of hydrogen-bond acceptors (Lipinski definition) is 2. The van der Waals surface area contributed by atoms with Gasteiger partial charge in [-0.25, -0.2) is 0 Å². The van der Waals surface area contributed by atoms with Crippen LogP contribution < -0.4 is 4.74 Å². The van der Waals surface area contributed by atoms with Gasteiger partial charge in [-0.3, -0.25) is 5.10 Å². The zero-order valence-electron chi connectivity index (χ0n) is 8.98. The van der Waals surface area contributed by atoms with Crippen LogP contribution in [0.15, 0.2) is 36.5 Å². The van der Waals surface area contributed by atoms with Crippen LogP contribution in [-0.4, -0.2) is 16.8 Å². The number of H-pyrrole nitrogens is 1. The van der Waals surface area contributed by atoms with Gasteiger partial charge in [-0.05, 0) is 30.7 Å². The zero-order valence-corrected chi connectivity index (χ0v) is 9.74. The SMILES string of the molecule is CCOc1ccc(C(Cl)c2ccn[nH]2)cc1. The molecule has 0 saturated carbocycles. The number of nitrogens with one attached hydrogen (secondary N) is 1. The van der Waals surface area contributed by atoms with Crippen molar-refractivity contribution in [3.05, 3.63) is 47.8 Å². The fraction of sp³-hybridized carbons (Fsp3) is 0.250. The number of alkyl halides is 1. The summed E-state index contributed by atoms with van der Waals surface area (Å²) in [6, 6.07) is 9.64. The summed E-state index contributed by atoms with van der Waals surface area (Å²) >= 11 is 6.29. The van der Waals surface area contributed by atoms with Crippen LogP contribution in [0.1, 0.15) is 23.6 Å². The number of ether oxygens (including phenoxy) is 1. The minimum atomic E-state index is -0.196. The van der Waals surface area contributed by atoms with E-state index in [1.807, 2.05) is 37.3 Å². The van der Waals surface area contributed by atoms with E-state index in [0.717, 1.165) is 17.0 Å². The highest BCUT2D eigenvalue weighted by Crippen LogP contribution is 2.28. The first-order valence-electron chi connectivity index (χ1n) is 5.17. The summed E-state index contributed by atoms with van der Waals surface area (Å²) in [7, 11) is 0. The minimum absolute atomic E-state index is 0.196. The first kappa shape index (κ1) is 11.0. The van der Waals surface area contributed by atoms with Gasteiger partial charge in [0.1, 0.15) is 11.1 Å². The van der Waals surface area contributed by atoms with Gasteiger partial charge in [0.2, 0.25) is 0 Å². The van der Waals surface area contributed by atoms with Gasteiger partial charge in [-0.1, -0.05) is 12.1 Å². The number of halogens is 1. The largest absolute Gasteiger partial charge is 0.494 e. The molecule has 1 heterocycles. The van der Waals surface area contributed by atoms with Crippen molar-refractivity contribution in [3.63, 3.8) is 0 Å². The molecule has 1 aromatic heterocycles. The molecule has 1 aromatic carbocycles. The van der Waals surface area contributed by atoms with Gasteiger partial charge in [-0.2, -0.15) is 5.10 Å². The Bertz CT molecular complexity index is 425. The van der Waals surface area contributed by atoms with Crippen molar-refractivity contribution in [1.82, 2.24) is 10.2 Å². The normalized spacial score (nSPS) is 12.4. The fourth-order valence-corrected chi connectivity index (χ4v) is 1.75. The number of nitrogens with zero attached hydrogens (tertiary/aromatic N) is 1. The van der Waals surface area contributed by atoms with Gasteiger partial charge in [0.05, 0.1) is 12.3 Å². The first-order chi connectivity index (χ1) is 7.81. The first-order valence-corrected chi connectivity index (χ1v) is 5.61. The van der Waals surface area contributed by atoms with E-state index in [-0.39, 0.29) is 5.38 Å². The molecule has 0 spiro atoms. The van der Waals surface area contributed by atoms with Crippen molar-refractivity contribution in [2.24, 2.45) is 0 Å². The third-order valence-electron chi connectivity index (χ3n) is 2.28. The van der Waals surface area contributed by atoms with Crippen LogP contribution in [0.2, 0.25) is 0 Å². The molecule has 1 N–H and O–H groups in total. The van der Waals surface area contributed by atoms with Gasteiger partial charge < -0.3 is 4.74 Å². The van der Waals surface area contributed by atoms with E-state index in [0.29, 0.717) is 6.61 Å². The van der Waals surface area contributed by atoms with Crippen molar-refractivity contribution in [3.8, 4) is 5.75 Å². The Hall–Kier alpha value is -1.48. The summed E-state index contributed by atoms with van der Waals surface area (Å²) in [5, 5.41) is 6.55. The van der Waals surface area contributed by atoms with Crippen molar-refractivity contribution in [2.75, 3.05) is 6.61 Å². The van der Waals surface area contributed by atoms with Crippen LogP contribution in [0.5, 0.6) is 5.75 Å². The van der Waals surface area contributed by atoms with Gasteiger partial charge in [-0.15, -0.1) is 11.6 Å². The Labute approximate surface area is 99.4 Å². The molecular formula is C12H13ClN2O. The third-order valence-corrected chi connectivity index (χ3v) is 2.77. The van der Waals surface area contributed by atoms with Crippen molar-refractivity contribution in [2.45, 2.75) is 12.3 Å². The average molecular weight is 237 g/mol. The van der Waals surface area contributed by atoms with Gasteiger partial charge in [0.15, 0.2) is 0 Å². The van der Waals surface area contributed by atoms with Crippen LogP contribution in [0.3, 0.4) is 0 Å². The number of rotatable bonds is 4. The van der Waals surface area contributed by atoms with Crippen LogP contribution in [0.25, 0.3) is 0 Å². The second-order valence-electron chi connectivity index (χ2n) is 3.38. The third kappa shape index (κ3) is 2.36. The van der Waals surface area contributed by atoms with Crippen molar-refractivity contribution in [1.29, 1.82) is 0 Å². The molecule has 0 aliphatic rings. The topological polar surface area (TPSA) is 37.9 Å². The molecule has 1 atom stereocenters. The number of aromatic amines is 1. The van der Waals surface area contributed by atoms with E-state index in [4.69, 9.17) is 16.3 Å². The summed E-state index contributed by atoms with van der Waals surface area (Å²) in [5.74, 6) is 0.861. The van der Waals surface area contributed by atoms with E-state index < -0.39 is 0 Å². The highest BCUT2D eigenvalue weighted by Gasteiger charge is 2.11. The molecule has 0 aliphatic heterocycles. The highest BCUT2D eigenvalue weighted by atomic mass is 35.5. The molecule has 0 radical (unpaired) electrons. The maximum atomic E-state index is 6.29. The summed E-state index contributed by atoms with van der Waals surface area (Å²) in [6.07, 6.45) is 1.69. The smallest absolute Gasteiger partial charge is 0.119 e. The van der Waals surface area contributed by atoms with Crippen molar-refractivity contribution >= 4 is 11.6 Å². The maximum Gasteiger partial charge on any atom is 0.119 e. The molecule has 2 rings (SSSR count). The zero-order chi connectivity index (χ0) is 11.4. The molecule has 1 unspecified atom stereocenters. The van der Waals surface area contributed by atoms with Crippen LogP contribution in [-0.2, 0) is 0 Å². The lowest BCUT2D eigenvalue weighted by molar-refractivity contribution is 0.340. The Balaban J connectivity index is 2.15. The van der Waals surface area contributed by atoms with Gasteiger partial charge in [0.25, 0.3) is 0 Å². The Morgan fingerprint density at radius 2 is 2.06 bits per heavy atom. The standard InChI is InChI=1S/C12H13ClN2O/c1-2-16-10-5-3-9(4-6-10)12(13)11-7-8-14-15-11/h3-8,12H,2H2,1H3,(H,14,15). The molecule has 0 fully saturated rings. The van der Waals surface area contributed by atoms with E-state index in [9.17, 15) is 0 Å². The van der Waals surface area contributed by atoms with Crippen LogP contribution in [0.4, 0.5) is 0 Å². The Kier molecular flexibility index (Phi) is 3.47. The van der Waals surface area contributed by atoms with Gasteiger partial charge in [0, 0.05) is 6.20 Å². The molecule has 2 aromatic rings. The Morgan fingerprint density at radius 1 is 1.31 bits per heavy atom. The second kappa shape index (κ2) is 5.03. The average Bonchev–Trinajstić information content (AvgIpc) is 2.83. The van der Waals surface area contributed by atoms with E-state index >= 15 is 0 Å². The molecule has 16 heavy (non-hydrogen) atoms. The minimum Gasteiger partial charge on any atom is -0.494 e. The summed E-state index contributed by atoms with van der Waals surface area (Å²) < 4.78 is 5.37. The lowest BCUT2D eigenvalue weighted by Gasteiger charge is -2.08. The quantitative estimate of drug-likeness (QED) is 0.829. The summed E-state index contributed by atoms with van der Waals surface area (Å²) in [5.41, 5.74) is 1.92. The molecule has 0 saturated heterocycles. The highest BCUT2D eigenvalue weighted by molar-refractivity contribution is 6.22. The summed E-state index contributed by atoms with van der Waals surface area (Å²) in [6.45, 7) is 2.63. The Morgan fingerprint density at radius 3 is 2.62 bits per heavy atom. The monoisotopic (exact) mass is 236 g/mol. The molecule has 4 heteroatoms. The molecule has 0 aliphatic carbocycles. The fourth-order valence-electron chi connectivity index (χ4n) is 1.49. The van der Waals surface area contributed by atoms with E-state index in [1.165, 1.54) is 0 Å². The molecule has 84 valence electrons. The maximum absolute atomic E-state index is 6.29. The lowest BCUT2D eigenvalue weighted by Crippen LogP contribution is -1.95. The second-order valence-corrected chi connectivity index (χ2v) is 3.81. The number of hydrogen-bond donors (Lipinski definition) is 1. The van der Waals surface area contributed by atoms with Crippen LogP contribution >= 0.6 is 11.6 Å². The molecule has 0 amide bonds. The van der Waals surface area contributed by atoms with E-state index in [1.54, 1.807) is 6.20 Å². The predicted molar refractivity (Wildman–Crippen MR) is 63.9 cm³/mol. The summed E-state index contributed by atoms with van der Waals surface area (Å²) in [4.78, 5) is 0. The van der Waals surface area contributed by atoms with E-state index in [2.05, 4.69) is 10.2 Å². The molecule has 0 bridgehead atoms. The van der Waals surface area contributed by atoms with Crippen molar-refractivity contribution < 1.29 is 4.74 Å². The van der Waals surface area contributed by atoms with Gasteiger partial charge >= 0.3 is 0 Å². The van der Waals surface area contributed by atoms with Crippen LogP contribution in [0, 0.1) is 0 Å². The lowest BCUT2D eigenvalue weighted by atomic mass is 10.1. The predicted octanol–water partition coefficient (Wildman–Crippen LogP) is 3.14. The molecular weight excluding hydrogens is 224 g/mol. The molecule has 3 nitrogen and oxygen atoms in total.